The number of hydrogen-bond donors (Lipinski definition) is 0. The summed E-state index contributed by atoms with van der Waals surface area (Å²) < 4.78 is 0. The van der Waals surface area contributed by atoms with Gasteiger partial charge in [0.05, 0.1) is 0 Å². The Morgan fingerprint density at radius 2 is 2.17 bits per heavy atom. The van der Waals surface area contributed by atoms with Crippen molar-refractivity contribution in [3.05, 3.63) is 34.3 Å². The highest BCUT2D eigenvalue weighted by Gasteiger charge is 2.22. The molecule has 0 bridgehead atoms. The van der Waals surface area contributed by atoms with Crippen LogP contribution in [0.25, 0.3) is 0 Å². The molecule has 1 aliphatic heterocycles. The van der Waals surface area contributed by atoms with Gasteiger partial charge in [-0.2, -0.15) is 0 Å². The van der Waals surface area contributed by atoms with Gasteiger partial charge in [-0.15, -0.1) is 11.6 Å². The third kappa shape index (κ3) is 3.63. The molecule has 1 saturated heterocycles. The topological polar surface area (TPSA) is 3.24 Å². The molecule has 1 nitrogen and oxygen atoms in total. The molecule has 1 unspecified atom stereocenters. The number of benzene rings is 1. The Morgan fingerprint density at radius 3 is 2.89 bits per heavy atom. The fourth-order valence-electron chi connectivity index (χ4n) is 2.72. The molecule has 1 atom stereocenters. The highest BCUT2D eigenvalue weighted by molar-refractivity contribution is 6.31. The number of hydrogen-bond acceptors (Lipinski definition) is 1. The van der Waals surface area contributed by atoms with E-state index >= 15 is 0 Å². The van der Waals surface area contributed by atoms with Gasteiger partial charge in [-0.1, -0.05) is 30.2 Å². The van der Waals surface area contributed by atoms with Gasteiger partial charge in [0.2, 0.25) is 0 Å². The number of aryl methyl sites for hydroxylation is 1. The maximum atomic E-state index is 6.32. The summed E-state index contributed by atoms with van der Waals surface area (Å²) in [6.07, 6.45) is 4.99. The second-order valence-electron chi connectivity index (χ2n) is 5.19. The third-order valence-corrected chi connectivity index (χ3v) is 4.34. The van der Waals surface area contributed by atoms with Gasteiger partial charge in [0, 0.05) is 23.5 Å². The summed E-state index contributed by atoms with van der Waals surface area (Å²) in [5.74, 6) is 0.753. The Balaban J connectivity index is 2.06. The van der Waals surface area contributed by atoms with E-state index in [1.807, 2.05) is 0 Å². The molecule has 1 heterocycles. The van der Waals surface area contributed by atoms with Gasteiger partial charge in [-0.05, 0) is 49.9 Å². The largest absolute Gasteiger partial charge is 0.296 e. The summed E-state index contributed by atoms with van der Waals surface area (Å²) in [5, 5.41) is 0.894. The Bertz CT molecular complexity index is 390. The summed E-state index contributed by atoms with van der Waals surface area (Å²) in [5.41, 5.74) is 2.46. The van der Waals surface area contributed by atoms with Crippen molar-refractivity contribution in [3.8, 4) is 0 Å². The number of rotatable bonds is 4. The van der Waals surface area contributed by atoms with E-state index in [4.69, 9.17) is 23.2 Å². The van der Waals surface area contributed by atoms with Gasteiger partial charge in [0.25, 0.3) is 0 Å². The van der Waals surface area contributed by atoms with E-state index in [0.717, 1.165) is 23.9 Å². The number of halogens is 2. The molecule has 1 aromatic carbocycles. The van der Waals surface area contributed by atoms with Crippen molar-refractivity contribution < 1.29 is 0 Å². The van der Waals surface area contributed by atoms with Crippen LogP contribution in [0.2, 0.25) is 5.02 Å². The van der Waals surface area contributed by atoms with Crippen molar-refractivity contribution in [2.45, 2.75) is 45.2 Å². The van der Waals surface area contributed by atoms with E-state index in [-0.39, 0.29) is 0 Å². The van der Waals surface area contributed by atoms with Crippen molar-refractivity contribution in [3.63, 3.8) is 0 Å². The Morgan fingerprint density at radius 1 is 1.33 bits per heavy atom. The van der Waals surface area contributed by atoms with Crippen molar-refractivity contribution >= 4 is 23.2 Å². The monoisotopic (exact) mass is 285 g/mol. The SMILES string of the molecule is Cc1ccc(CN2CCCCC2CCCl)c(Cl)c1. The van der Waals surface area contributed by atoms with Gasteiger partial charge in [-0.3, -0.25) is 4.90 Å². The standard InChI is InChI=1S/C15H21Cl2N/c1-12-5-6-13(15(17)10-12)11-18-9-3-2-4-14(18)7-8-16/h5-6,10,14H,2-4,7-9,11H2,1H3. The zero-order chi connectivity index (χ0) is 13.0. The number of nitrogens with zero attached hydrogens (tertiary/aromatic N) is 1. The van der Waals surface area contributed by atoms with Crippen LogP contribution >= 0.6 is 23.2 Å². The molecule has 0 aromatic heterocycles. The minimum absolute atomic E-state index is 0.633. The molecule has 1 fully saturated rings. The van der Waals surface area contributed by atoms with Crippen LogP contribution in [0.5, 0.6) is 0 Å². The zero-order valence-electron chi connectivity index (χ0n) is 11.0. The van der Waals surface area contributed by atoms with E-state index in [9.17, 15) is 0 Å². The average Bonchev–Trinajstić information content (AvgIpc) is 2.35. The molecule has 1 aromatic rings. The first-order valence-electron chi connectivity index (χ1n) is 6.75. The fourth-order valence-corrected chi connectivity index (χ4v) is 3.27. The number of piperidine rings is 1. The van der Waals surface area contributed by atoms with Crippen LogP contribution in [0.4, 0.5) is 0 Å². The lowest BCUT2D eigenvalue weighted by Gasteiger charge is -2.35. The predicted octanol–water partition coefficient (Wildman–Crippen LogP) is 4.63. The highest BCUT2D eigenvalue weighted by atomic mass is 35.5. The molecular weight excluding hydrogens is 265 g/mol. The molecular formula is C15H21Cl2N. The average molecular weight is 286 g/mol. The van der Waals surface area contributed by atoms with Crippen LogP contribution in [0.1, 0.15) is 36.8 Å². The second kappa shape index (κ2) is 6.79. The second-order valence-corrected chi connectivity index (χ2v) is 5.98. The summed E-state index contributed by atoms with van der Waals surface area (Å²) in [6, 6.07) is 6.98. The van der Waals surface area contributed by atoms with Crippen molar-refractivity contribution in [1.29, 1.82) is 0 Å². The zero-order valence-corrected chi connectivity index (χ0v) is 12.5. The van der Waals surface area contributed by atoms with Crippen LogP contribution in [0.3, 0.4) is 0 Å². The van der Waals surface area contributed by atoms with Crippen LogP contribution in [0.15, 0.2) is 18.2 Å². The maximum Gasteiger partial charge on any atom is 0.0453 e. The summed E-state index contributed by atoms with van der Waals surface area (Å²) >= 11 is 12.2. The van der Waals surface area contributed by atoms with E-state index < -0.39 is 0 Å². The Labute approximate surface area is 120 Å². The van der Waals surface area contributed by atoms with Crippen LogP contribution in [-0.4, -0.2) is 23.4 Å². The first-order valence-corrected chi connectivity index (χ1v) is 7.67. The van der Waals surface area contributed by atoms with E-state index in [0.29, 0.717) is 6.04 Å². The van der Waals surface area contributed by atoms with Crippen molar-refractivity contribution in [2.75, 3.05) is 12.4 Å². The lowest BCUT2D eigenvalue weighted by Crippen LogP contribution is -2.39. The molecule has 100 valence electrons. The highest BCUT2D eigenvalue weighted by Crippen LogP contribution is 2.25. The fraction of sp³-hybridized carbons (Fsp3) is 0.600. The van der Waals surface area contributed by atoms with E-state index in [1.165, 1.54) is 36.9 Å². The molecule has 0 spiro atoms. The molecule has 0 N–H and O–H groups in total. The Hall–Kier alpha value is -0.240. The van der Waals surface area contributed by atoms with Crippen molar-refractivity contribution in [1.82, 2.24) is 4.90 Å². The minimum Gasteiger partial charge on any atom is -0.296 e. The van der Waals surface area contributed by atoms with Gasteiger partial charge < -0.3 is 0 Å². The summed E-state index contributed by atoms with van der Waals surface area (Å²) in [6.45, 7) is 4.21. The third-order valence-electron chi connectivity index (χ3n) is 3.77. The predicted molar refractivity (Wildman–Crippen MR) is 79.6 cm³/mol. The smallest absolute Gasteiger partial charge is 0.0453 e. The molecule has 0 aliphatic carbocycles. The van der Waals surface area contributed by atoms with E-state index in [2.05, 4.69) is 30.0 Å². The maximum absolute atomic E-state index is 6.32. The van der Waals surface area contributed by atoms with Crippen molar-refractivity contribution in [2.24, 2.45) is 0 Å². The summed E-state index contributed by atoms with van der Waals surface area (Å²) in [7, 11) is 0. The van der Waals surface area contributed by atoms with Gasteiger partial charge in [-0.25, -0.2) is 0 Å². The molecule has 3 heteroatoms. The van der Waals surface area contributed by atoms with E-state index in [1.54, 1.807) is 0 Å². The molecule has 1 aliphatic rings. The normalized spacial score (nSPS) is 21.2. The molecule has 0 amide bonds. The van der Waals surface area contributed by atoms with Crippen LogP contribution < -0.4 is 0 Å². The quantitative estimate of drug-likeness (QED) is 0.729. The van der Waals surface area contributed by atoms with Gasteiger partial charge in [0.15, 0.2) is 0 Å². The number of alkyl halides is 1. The molecule has 18 heavy (non-hydrogen) atoms. The van der Waals surface area contributed by atoms with Crippen LogP contribution in [-0.2, 0) is 6.54 Å². The summed E-state index contributed by atoms with van der Waals surface area (Å²) in [4.78, 5) is 2.54. The first kappa shape index (κ1) is 14.2. The Kier molecular flexibility index (Phi) is 5.35. The molecule has 0 saturated carbocycles. The first-order chi connectivity index (χ1) is 8.70. The number of likely N-dealkylation sites (tertiary alicyclic amines) is 1. The van der Waals surface area contributed by atoms with Gasteiger partial charge >= 0.3 is 0 Å². The lowest BCUT2D eigenvalue weighted by molar-refractivity contribution is 0.137. The van der Waals surface area contributed by atoms with Crippen LogP contribution in [0, 0.1) is 6.92 Å². The minimum atomic E-state index is 0.633. The molecule has 2 rings (SSSR count). The molecule has 0 radical (unpaired) electrons. The lowest BCUT2D eigenvalue weighted by atomic mass is 9.99. The van der Waals surface area contributed by atoms with Gasteiger partial charge in [0.1, 0.15) is 0 Å².